The molecule has 4 heteroatoms. The van der Waals surface area contributed by atoms with Gasteiger partial charge in [0, 0.05) is 31.6 Å². The van der Waals surface area contributed by atoms with Gasteiger partial charge in [-0.1, -0.05) is 30.3 Å². The van der Waals surface area contributed by atoms with E-state index in [4.69, 9.17) is 11.0 Å². The molecule has 0 saturated heterocycles. The van der Waals surface area contributed by atoms with Crippen molar-refractivity contribution in [2.75, 3.05) is 19.6 Å². The zero-order valence-corrected chi connectivity index (χ0v) is 19.8. The molecule has 2 atom stereocenters. The second kappa shape index (κ2) is 8.02. The van der Waals surface area contributed by atoms with Crippen LogP contribution in [0.15, 0.2) is 66.7 Å². The fourth-order valence-corrected chi connectivity index (χ4v) is 5.50. The summed E-state index contributed by atoms with van der Waals surface area (Å²) in [6.07, 6.45) is -0.952. The molecule has 0 aliphatic carbocycles. The van der Waals surface area contributed by atoms with Crippen LogP contribution in [0, 0.1) is 6.92 Å². The molecule has 33 heavy (non-hydrogen) atoms. The van der Waals surface area contributed by atoms with Crippen molar-refractivity contribution in [3.8, 4) is 0 Å². The maximum absolute atomic E-state index is 9.00. The van der Waals surface area contributed by atoms with E-state index >= 15 is 0 Å². The van der Waals surface area contributed by atoms with Crippen LogP contribution in [-0.4, -0.2) is 24.4 Å². The Balaban J connectivity index is 1.67. The lowest BCUT2D eigenvalue weighted by atomic mass is 10.1. The monoisotopic (exact) mass is 448 g/mol. The summed E-state index contributed by atoms with van der Waals surface area (Å²) in [4.78, 5) is 7.43. The second-order valence-electron chi connectivity index (χ2n) is 8.94. The summed E-state index contributed by atoms with van der Waals surface area (Å²) in [6.45, 7) is 3.31. The summed E-state index contributed by atoms with van der Waals surface area (Å²) in [6, 6.07) is 17.2. The van der Waals surface area contributed by atoms with E-state index in [1.807, 2.05) is 80.3 Å². The maximum atomic E-state index is 9.00. The summed E-state index contributed by atoms with van der Waals surface area (Å²) in [5.74, 6) is 0. The minimum absolute atomic E-state index is 0.166. The predicted octanol–water partition coefficient (Wildman–Crippen LogP) is 7.42. The van der Waals surface area contributed by atoms with Gasteiger partial charge in [0.15, 0.2) is 0 Å². The largest absolute Gasteiger partial charge is 0.347 e. The van der Waals surface area contributed by atoms with Crippen molar-refractivity contribution in [2.24, 2.45) is 0 Å². The third-order valence-electron chi connectivity index (χ3n) is 6.81. The molecule has 172 valence electrons. The topological polar surface area (TPSA) is 13.0 Å². The number of benzene rings is 3. The highest BCUT2D eigenvalue weighted by molar-refractivity contribution is 5.89. The molecule has 4 nitrogen and oxygen atoms in total. The molecule has 0 amide bonds. The Morgan fingerprint density at radius 1 is 0.636 bits per heavy atom. The third kappa shape index (κ3) is 3.18. The van der Waals surface area contributed by atoms with E-state index in [9.17, 15) is 0 Å². The van der Waals surface area contributed by atoms with Gasteiger partial charge >= 0.3 is 0 Å². The molecule has 2 aliphatic rings. The van der Waals surface area contributed by atoms with Gasteiger partial charge in [-0.05, 0) is 90.3 Å². The number of rotatable bonds is 4. The summed E-state index contributed by atoms with van der Waals surface area (Å²) in [5, 5.41) is 0. The van der Waals surface area contributed by atoms with Crippen molar-refractivity contribution in [1.29, 1.82) is 0 Å². The van der Waals surface area contributed by atoms with E-state index in [1.165, 1.54) is 4.90 Å². The van der Waals surface area contributed by atoms with Crippen LogP contribution in [0.2, 0.25) is 0 Å². The summed E-state index contributed by atoms with van der Waals surface area (Å²) in [7, 11) is 0. The average molecular weight is 449 g/mol. The molecule has 0 radical (unpaired) electrons. The van der Waals surface area contributed by atoms with Crippen LogP contribution in [0.1, 0.15) is 57.9 Å². The number of anilines is 6. The van der Waals surface area contributed by atoms with E-state index < -0.39 is 31.9 Å². The van der Waals surface area contributed by atoms with Crippen molar-refractivity contribution in [1.82, 2.24) is 0 Å². The van der Waals surface area contributed by atoms with Crippen LogP contribution in [0.5, 0.6) is 0 Å². The van der Waals surface area contributed by atoms with Gasteiger partial charge in [-0.15, -0.1) is 0 Å². The first-order valence-electron chi connectivity index (χ1n) is 15.4. The Bertz CT molecular complexity index is 1450. The molecule has 0 N–H and O–H groups in total. The lowest BCUT2D eigenvalue weighted by molar-refractivity contribution is 0.603. The van der Waals surface area contributed by atoms with Gasteiger partial charge in [0.2, 0.25) is 0 Å². The number of hydrogen-bond acceptors (Lipinski definition) is 4. The van der Waals surface area contributed by atoms with Gasteiger partial charge in [-0.2, -0.15) is 0 Å². The normalized spacial score (nSPS) is 24.6. The molecule has 3 aromatic rings. The van der Waals surface area contributed by atoms with Gasteiger partial charge in [-0.3, -0.25) is 0 Å². The second-order valence-corrected chi connectivity index (χ2v) is 8.94. The van der Waals surface area contributed by atoms with Gasteiger partial charge in [0.1, 0.15) is 12.3 Å². The van der Waals surface area contributed by atoms with E-state index in [0.29, 0.717) is 11.4 Å². The summed E-state index contributed by atoms with van der Waals surface area (Å²) < 4.78 is 66.8. The highest BCUT2D eigenvalue weighted by atomic mass is 15.4. The number of hydrogen-bond donors (Lipinski definition) is 0. The maximum Gasteiger partial charge on any atom is 0.104 e. The van der Waals surface area contributed by atoms with Crippen LogP contribution in [0.3, 0.4) is 0 Å². The van der Waals surface area contributed by atoms with Gasteiger partial charge < -0.3 is 19.6 Å². The molecule has 5 rings (SSSR count). The van der Waals surface area contributed by atoms with Crippen molar-refractivity contribution >= 4 is 34.1 Å². The highest BCUT2D eigenvalue weighted by Gasteiger charge is 2.38. The molecule has 2 aliphatic heterocycles. The fraction of sp³-hybridized carbons (Fsp3) is 0.379. The van der Waals surface area contributed by atoms with Crippen LogP contribution < -0.4 is 19.6 Å². The molecule has 0 fully saturated rings. The number of nitrogens with zero attached hydrogens (tertiary/aromatic N) is 4. The predicted molar refractivity (Wildman–Crippen MR) is 142 cm³/mol. The first-order chi connectivity index (χ1) is 18.9. The third-order valence-corrected chi connectivity index (χ3v) is 6.81. The molecular weight excluding hydrogens is 404 g/mol. The average Bonchev–Trinajstić information content (AvgIpc) is 3.32. The van der Waals surface area contributed by atoms with Crippen molar-refractivity contribution in [3.05, 3.63) is 72.3 Å². The van der Waals surface area contributed by atoms with E-state index in [2.05, 4.69) is 16.7 Å². The molecule has 0 saturated carbocycles. The molecule has 2 heterocycles. The summed E-state index contributed by atoms with van der Waals surface area (Å²) in [5.41, 5.74) is 5.55. The Kier molecular flexibility index (Phi) is 3.45. The highest BCUT2D eigenvalue weighted by Crippen LogP contribution is 2.50. The Morgan fingerprint density at radius 3 is 1.45 bits per heavy atom. The van der Waals surface area contributed by atoms with Gasteiger partial charge in [0.05, 0.1) is 25.5 Å². The molecule has 0 spiro atoms. The van der Waals surface area contributed by atoms with Crippen molar-refractivity contribution in [3.63, 3.8) is 0 Å². The zero-order valence-electron chi connectivity index (χ0n) is 27.8. The van der Waals surface area contributed by atoms with Crippen molar-refractivity contribution < 1.29 is 11.0 Å². The van der Waals surface area contributed by atoms with Gasteiger partial charge in [0.25, 0.3) is 0 Å². The van der Waals surface area contributed by atoms with E-state index in [0.717, 1.165) is 28.3 Å². The Labute approximate surface area is 210 Å². The molecule has 0 unspecified atom stereocenters. The fourth-order valence-electron chi connectivity index (χ4n) is 5.50. The Morgan fingerprint density at radius 2 is 1.03 bits per heavy atom. The van der Waals surface area contributed by atoms with E-state index in [-0.39, 0.29) is 6.17 Å². The smallest absolute Gasteiger partial charge is 0.104 e. The first kappa shape index (κ1) is 14.2. The minimum atomic E-state index is -3.12. The quantitative estimate of drug-likeness (QED) is 0.412. The zero-order chi connectivity index (χ0) is 30.3. The van der Waals surface area contributed by atoms with E-state index in [1.54, 1.807) is 19.1 Å². The summed E-state index contributed by atoms with van der Waals surface area (Å²) >= 11 is 0. The molecular formula is C29H36N4. The standard InChI is InChI=1S/C29H36N4/c1-19(2)30-22(6)32(28-15-10-8-13-26(28)30)24-17-12-18-25(21(24)5)33-23(7)31(20(3)4)27-14-9-11-16-29(27)33/h8-20,22-23H,1-7H3/t22-,23+/i1D3,2D3,19D,20D/m0/s1. The van der Waals surface area contributed by atoms with Gasteiger partial charge in [-0.25, -0.2) is 0 Å². The molecule has 0 bridgehead atoms. The number of fused-ring (bicyclic) bond motifs is 2. The Hall–Kier alpha value is -3.14. The molecule has 3 aromatic carbocycles. The minimum Gasteiger partial charge on any atom is -0.347 e. The van der Waals surface area contributed by atoms with Crippen LogP contribution in [0.4, 0.5) is 34.1 Å². The van der Waals surface area contributed by atoms with Crippen LogP contribution in [0.25, 0.3) is 0 Å². The SMILES string of the molecule is [2H]C(C)(C)N1c2ccccc2N(c2cccc(N3c4ccccc4N(C([2H])(C([2H])([2H])[2H])C([2H])([2H])[2H])[C@@H]3C)c2C)[C@@H]1C. The first-order valence-corrected chi connectivity index (χ1v) is 11.4. The van der Waals surface area contributed by atoms with Crippen molar-refractivity contribution in [2.45, 2.75) is 72.7 Å². The lowest BCUT2D eigenvalue weighted by Gasteiger charge is -2.36. The molecule has 0 aromatic heterocycles. The van der Waals surface area contributed by atoms with Crippen LogP contribution >= 0.6 is 0 Å². The number of para-hydroxylation sites is 4. The lowest BCUT2D eigenvalue weighted by Crippen LogP contribution is -2.43. The van der Waals surface area contributed by atoms with Crippen LogP contribution in [-0.2, 0) is 0 Å².